The van der Waals surface area contributed by atoms with E-state index in [0.29, 0.717) is 24.3 Å². The molecule has 0 spiro atoms. The zero-order valence-electron chi connectivity index (χ0n) is 14.1. The van der Waals surface area contributed by atoms with Crippen LogP contribution in [0.25, 0.3) is 11.4 Å². The van der Waals surface area contributed by atoms with Crippen molar-refractivity contribution in [3.05, 3.63) is 42.8 Å². The summed E-state index contributed by atoms with van der Waals surface area (Å²) in [6.45, 7) is 2.54. The number of hydrogen-bond donors (Lipinski definition) is 0. The van der Waals surface area contributed by atoms with E-state index >= 15 is 0 Å². The molecule has 1 saturated heterocycles. The molecule has 0 bridgehead atoms. The van der Waals surface area contributed by atoms with E-state index in [9.17, 15) is 0 Å². The minimum absolute atomic E-state index is 0.403. The maximum atomic E-state index is 5.38. The Labute approximate surface area is 145 Å². The average Bonchev–Trinajstić information content (AvgIpc) is 3.34. The van der Waals surface area contributed by atoms with Crippen LogP contribution in [0, 0.1) is 0 Å². The van der Waals surface area contributed by atoms with E-state index in [4.69, 9.17) is 8.94 Å². The number of aromatic nitrogens is 4. The van der Waals surface area contributed by atoms with Gasteiger partial charge in [0, 0.05) is 25.3 Å². The fourth-order valence-corrected chi connectivity index (χ4v) is 3.16. The molecule has 25 heavy (non-hydrogen) atoms. The van der Waals surface area contributed by atoms with Gasteiger partial charge in [0.25, 0.3) is 0 Å². The number of likely N-dealkylation sites (N-methyl/N-ethyl adjacent to an activating group) is 1. The summed E-state index contributed by atoms with van der Waals surface area (Å²) in [6, 6.07) is 6.15. The maximum absolute atomic E-state index is 5.38. The third-order valence-corrected chi connectivity index (χ3v) is 4.53. The molecule has 0 saturated carbocycles. The SMILES string of the molecule is CN(Cc1nc(-c2ccoc2)no1)[C@@H]1CCCN(c2cccnn2)C1. The largest absolute Gasteiger partial charge is 0.472 e. The first-order chi connectivity index (χ1) is 12.3. The smallest absolute Gasteiger partial charge is 0.241 e. The Morgan fingerprint density at radius 3 is 3.12 bits per heavy atom. The molecule has 1 atom stereocenters. The van der Waals surface area contributed by atoms with Gasteiger partial charge in [-0.15, -0.1) is 5.10 Å². The van der Waals surface area contributed by atoms with E-state index in [2.05, 4.69) is 37.2 Å². The standard InChI is InChI=1S/C17H20N6O2/c1-22(11-16-19-17(21-25-16)13-6-9-24-12-13)14-4-3-8-23(10-14)15-5-2-7-18-20-15/h2,5-7,9,12,14H,3-4,8,10-11H2,1H3/t14-/m1/s1. The summed E-state index contributed by atoms with van der Waals surface area (Å²) < 4.78 is 10.4. The number of anilines is 1. The Kier molecular flexibility index (Phi) is 4.43. The molecular weight excluding hydrogens is 320 g/mol. The summed E-state index contributed by atoms with van der Waals surface area (Å²) in [4.78, 5) is 8.99. The highest BCUT2D eigenvalue weighted by atomic mass is 16.5. The van der Waals surface area contributed by atoms with Crippen molar-refractivity contribution in [3.63, 3.8) is 0 Å². The van der Waals surface area contributed by atoms with Gasteiger partial charge in [-0.25, -0.2) is 0 Å². The van der Waals surface area contributed by atoms with Crippen molar-refractivity contribution in [2.45, 2.75) is 25.4 Å². The highest BCUT2D eigenvalue weighted by Crippen LogP contribution is 2.21. The Balaban J connectivity index is 1.40. The number of hydrogen-bond acceptors (Lipinski definition) is 8. The third kappa shape index (κ3) is 3.53. The van der Waals surface area contributed by atoms with E-state index in [1.54, 1.807) is 18.7 Å². The third-order valence-electron chi connectivity index (χ3n) is 4.53. The fourth-order valence-electron chi connectivity index (χ4n) is 3.16. The summed E-state index contributed by atoms with van der Waals surface area (Å²) >= 11 is 0. The van der Waals surface area contributed by atoms with Crippen molar-refractivity contribution < 1.29 is 8.94 Å². The molecule has 0 aliphatic carbocycles. The van der Waals surface area contributed by atoms with Gasteiger partial charge < -0.3 is 13.8 Å². The second kappa shape index (κ2) is 7.02. The molecule has 4 heterocycles. The van der Waals surface area contributed by atoms with E-state index in [-0.39, 0.29) is 0 Å². The number of nitrogens with zero attached hydrogens (tertiary/aromatic N) is 6. The van der Waals surface area contributed by atoms with Gasteiger partial charge in [-0.05, 0) is 38.1 Å². The van der Waals surface area contributed by atoms with Gasteiger partial charge in [-0.1, -0.05) is 5.16 Å². The minimum Gasteiger partial charge on any atom is -0.472 e. The molecule has 130 valence electrons. The van der Waals surface area contributed by atoms with Crippen LogP contribution in [0.5, 0.6) is 0 Å². The van der Waals surface area contributed by atoms with Crippen molar-refractivity contribution in [2.24, 2.45) is 0 Å². The second-order valence-electron chi connectivity index (χ2n) is 6.26. The molecule has 1 fully saturated rings. The molecule has 1 aliphatic rings. The second-order valence-corrected chi connectivity index (χ2v) is 6.26. The predicted octanol–water partition coefficient (Wildman–Crippen LogP) is 2.22. The summed E-state index contributed by atoms with van der Waals surface area (Å²) in [5.41, 5.74) is 0.823. The summed E-state index contributed by atoms with van der Waals surface area (Å²) in [6.07, 6.45) is 7.16. The van der Waals surface area contributed by atoms with Gasteiger partial charge >= 0.3 is 0 Å². The molecule has 3 aromatic heterocycles. The van der Waals surface area contributed by atoms with Crippen molar-refractivity contribution in [1.29, 1.82) is 0 Å². The molecular formula is C17H20N6O2. The molecule has 1 aliphatic heterocycles. The van der Waals surface area contributed by atoms with E-state index in [1.807, 2.05) is 18.2 Å². The van der Waals surface area contributed by atoms with Crippen LogP contribution in [0.3, 0.4) is 0 Å². The molecule has 0 radical (unpaired) electrons. The Hall–Kier alpha value is -2.74. The van der Waals surface area contributed by atoms with Crippen LogP contribution in [0.2, 0.25) is 0 Å². The quantitative estimate of drug-likeness (QED) is 0.699. The van der Waals surface area contributed by atoms with Gasteiger partial charge in [-0.3, -0.25) is 4.90 Å². The lowest BCUT2D eigenvalue weighted by molar-refractivity contribution is 0.183. The van der Waals surface area contributed by atoms with Gasteiger partial charge in [0.2, 0.25) is 11.7 Å². The van der Waals surface area contributed by atoms with Crippen molar-refractivity contribution >= 4 is 5.82 Å². The van der Waals surface area contributed by atoms with E-state index in [0.717, 1.165) is 37.3 Å². The Morgan fingerprint density at radius 2 is 2.32 bits per heavy atom. The van der Waals surface area contributed by atoms with Crippen LogP contribution in [0.15, 0.2) is 45.9 Å². The van der Waals surface area contributed by atoms with Crippen LogP contribution < -0.4 is 4.90 Å². The molecule has 8 nitrogen and oxygen atoms in total. The minimum atomic E-state index is 0.403. The number of piperidine rings is 1. The van der Waals surface area contributed by atoms with Gasteiger partial charge in [0.05, 0.1) is 18.4 Å². The Bertz CT molecular complexity index is 789. The van der Waals surface area contributed by atoms with E-state index in [1.165, 1.54) is 0 Å². The summed E-state index contributed by atoms with van der Waals surface area (Å²) in [7, 11) is 2.09. The zero-order chi connectivity index (χ0) is 17.1. The van der Waals surface area contributed by atoms with Crippen molar-refractivity contribution in [3.8, 4) is 11.4 Å². The molecule has 3 aromatic rings. The monoisotopic (exact) mass is 340 g/mol. The molecule has 0 aromatic carbocycles. The first-order valence-corrected chi connectivity index (χ1v) is 8.37. The van der Waals surface area contributed by atoms with E-state index < -0.39 is 0 Å². The summed E-state index contributed by atoms with van der Waals surface area (Å²) in [5, 5.41) is 12.2. The Morgan fingerprint density at radius 1 is 1.36 bits per heavy atom. The lowest BCUT2D eigenvalue weighted by Gasteiger charge is -2.37. The predicted molar refractivity (Wildman–Crippen MR) is 90.7 cm³/mol. The highest BCUT2D eigenvalue weighted by molar-refractivity contribution is 5.51. The molecule has 0 amide bonds. The van der Waals surface area contributed by atoms with Crippen LogP contribution in [0.4, 0.5) is 5.82 Å². The van der Waals surface area contributed by atoms with Crippen LogP contribution >= 0.6 is 0 Å². The molecule has 4 rings (SSSR count). The van der Waals surface area contributed by atoms with Crippen LogP contribution in [-0.4, -0.2) is 51.4 Å². The van der Waals surface area contributed by atoms with Gasteiger partial charge in [0.1, 0.15) is 6.26 Å². The maximum Gasteiger partial charge on any atom is 0.241 e. The lowest BCUT2D eigenvalue weighted by Crippen LogP contribution is -2.46. The van der Waals surface area contributed by atoms with Crippen LogP contribution in [0.1, 0.15) is 18.7 Å². The first kappa shape index (κ1) is 15.8. The first-order valence-electron chi connectivity index (χ1n) is 8.37. The lowest BCUT2D eigenvalue weighted by atomic mass is 10.0. The van der Waals surface area contributed by atoms with Crippen molar-refractivity contribution in [2.75, 3.05) is 25.0 Å². The molecule has 8 heteroatoms. The molecule has 0 N–H and O–H groups in total. The number of furan rings is 1. The highest BCUT2D eigenvalue weighted by Gasteiger charge is 2.25. The van der Waals surface area contributed by atoms with Crippen LogP contribution in [-0.2, 0) is 6.54 Å². The fraction of sp³-hybridized carbons (Fsp3) is 0.412. The zero-order valence-corrected chi connectivity index (χ0v) is 14.1. The molecule has 0 unspecified atom stereocenters. The number of rotatable bonds is 5. The normalized spacial score (nSPS) is 18.0. The average molecular weight is 340 g/mol. The summed E-state index contributed by atoms with van der Waals surface area (Å²) in [5.74, 6) is 2.10. The van der Waals surface area contributed by atoms with Crippen molar-refractivity contribution in [1.82, 2.24) is 25.2 Å². The topological polar surface area (TPSA) is 84.3 Å². The van der Waals surface area contributed by atoms with Gasteiger partial charge in [0.15, 0.2) is 5.82 Å². The van der Waals surface area contributed by atoms with Gasteiger partial charge in [-0.2, -0.15) is 10.1 Å².